The number of aromatic nitrogens is 2. The number of hydrogen-bond donors (Lipinski definition) is 3. The van der Waals surface area contributed by atoms with E-state index in [1.165, 1.54) is 0 Å². The fourth-order valence-corrected chi connectivity index (χ4v) is 1.24. The predicted octanol–water partition coefficient (Wildman–Crippen LogP) is 0.166. The molecule has 13 heavy (non-hydrogen) atoms. The van der Waals surface area contributed by atoms with Gasteiger partial charge in [-0.25, -0.2) is 5.84 Å². The number of nitrogens with two attached hydrogens (primary N) is 1. The molecule has 0 aliphatic carbocycles. The number of carbonyl (C=O) groups excluding carboxylic acids is 1. The summed E-state index contributed by atoms with van der Waals surface area (Å²) < 4.78 is 0. The van der Waals surface area contributed by atoms with Gasteiger partial charge in [-0.2, -0.15) is 0 Å². The average Bonchev–Trinajstić information content (AvgIpc) is 2.60. The molecule has 0 bridgehead atoms. The van der Waals surface area contributed by atoms with Crippen molar-refractivity contribution in [2.45, 2.75) is 0 Å². The fraction of sp³-hybridized carbons (Fsp3) is 0. The number of nitrogens with zero attached hydrogens (tertiary/aromatic N) is 1. The molecule has 0 atom stereocenters. The molecule has 2 aromatic rings. The maximum Gasteiger partial charge on any atom is 0.267 e. The average molecular weight is 176 g/mol. The van der Waals surface area contributed by atoms with Crippen LogP contribution in [0.3, 0.4) is 0 Å². The topological polar surface area (TPSA) is 83.8 Å². The Balaban J connectivity index is 2.64. The SMILES string of the molecule is NNC(=O)c1c[nH]c2cnccc12. The lowest BCUT2D eigenvalue weighted by Gasteiger charge is -1.95. The summed E-state index contributed by atoms with van der Waals surface area (Å²) in [7, 11) is 0. The second-order valence-corrected chi connectivity index (χ2v) is 2.60. The van der Waals surface area contributed by atoms with Crippen LogP contribution in [0.5, 0.6) is 0 Å². The van der Waals surface area contributed by atoms with Gasteiger partial charge in [-0.1, -0.05) is 0 Å². The van der Waals surface area contributed by atoms with E-state index in [1.807, 2.05) is 0 Å². The van der Waals surface area contributed by atoms with Gasteiger partial charge in [0.25, 0.3) is 5.91 Å². The molecular formula is C8H8N4O. The smallest absolute Gasteiger partial charge is 0.267 e. The number of rotatable bonds is 1. The second kappa shape index (κ2) is 2.87. The second-order valence-electron chi connectivity index (χ2n) is 2.60. The highest BCUT2D eigenvalue weighted by atomic mass is 16.2. The highest BCUT2D eigenvalue weighted by Gasteiger charge is 2.09. The van der Waals surface area contributed by atoms with Crippen molar-refractivity contribution in [3.63, 3.8) is 0 Å². The van der Waals surface area contributed by atoms with Crippen LogP contribution < -0.4 is 11.3 Å². The number of nitrogens with one attached hydrogen (secondary N) is 2. The Morgan fingerprint density at radius 3 is 3.23 bits per heavy atom. The van der Waals surface area contributed by atoms with Crippen molar-refractivity contribution in [1.29, 1.82) is 0 Å². The highest BCUT2D eigenvalue weighted by Crippen LogP contribution is 2.15. The molecule has 0 radical (unpaired) electrons. The van der Waals surface area contributed by atoms with Gasteiger partial charge >= 0.3 is 0 Å². The monoisotopic (exact) mass is 176 g/mol. The Morgan fingerprint density at radius 1 is 1.62 bits per heavy atom. The van der Waals surface area contributed by atoms with Gasteiger partial charge in [-0.05, 0) is 6.07 Å². The van der Waals surface area contributed by atoms with E-state index in [0.29, 0.717) is 5.56 Å². The zero-order valence-corrected chi connectivity index (χ0v) is 6.74. The van der Waals surface area contributed by atoms with Crippen molar-refractivity contribution < 1.29 is 4.79 Å². The zero-order chi connectivity index (χ0) is 9.26. The third kappa shape index (κ3) is 1.15. The molecule has 0 aromatic carbocycles. The van der Waals surface area contributed by atoms with Crippen molar-refractivity contribution in [1.82, 2.24) is 15.4 Å². The standard InChI is InChI=1S/C8H8N4O/c9-12-8(13)6-3-11-7-4-10-2-1-5(6)7/h1-4,11H,9H2,(H,12,13). The summed E-state index contributed by atoms with van der Waals surface area (Å²) in [5.74, 6) is 4.72. The lowest BCUT2D eigenvalue weighted by Crippen LogP contribution is -2.29. The minimum Gasteiger partial charge on any atom is -0.359 e. The minimum absolute atomic E-state index is 0.308. The zero-order valence-electron chi connectivity index (χ0n) is 6.74. The third-order valence-corrected chi connectivity index (χ3v) is 1.86. The quantitative estimate of drug-likeness (QED) is 0.329. The summed E-state index contributed by atoms with van der Waals surface area (Å²) in [6, 6.07) is 1.76. The molecule has 0 spiro atoms. The van der Waals surface area contributed by atoms with E-state index in [9.17, 15) is 4.79 Å². The molecule has 2 heterocycles. The van der Waals surface area contributed by atoms with Crippen molar-refractivity contribution in [3.8, 4) is 0 Å². The number of pyridine rings is 1. The molecule has 0 aliphatic heterocycles. The van der Waals surface area contributed by atoms with Gasteiger partial charge in [0.15, 0.2) is 0 Å². The largest absolute Gasteiger partial charge is 0.359 e. The maximum absolute atomic E-state index is 11.2. The third-order valence-electron chi connectivity index (χ3n) is 1.86. The summed E-state index contributed by atoms with van der Waals surface area (Å²) in [4.78, 5) is 18.1. The van der Waals surface area contributed by atoms with Gasteiger partial charge in [0.1, 0.15) is 0 Å². The van der Waals surface area contributed by atoms with Gasteiger partial charge in [-0.3, -0.25) is 15.2 Å². The first kappa shape index (κ1) is 7.75. The number of H-pyrrole nitrogens is 1. The molecule has 4 N–H and O–H groups in total. The van der Waals surface area contributed by atoms with Gasteiger partial charge in [0, 0.05) is 17.8 Å². The van der Waals surface area contributed by atoms with Crippen LogP contribution in [0, 0.1) is 0 Å². The lowest BCUT2D eigenvalue weighted by molar-refractivity contribution is 0.0955. The van der Waals surface area contributed by atoms with Gasteiger partial charge in [0.2, 0.25) is 0 Å². The molecule has 0 aliphatic rings. The Morgan fingerprint density at radius 2 is 2.46 bits per heavy atom. The maximum atomic E-state index is 11.2. The molecule has 0 saturated carbocycles. The lowest BCUT2D eigenvalue weighted by atomic mass is 10.2. The van der Waals surface area contributed by atoms with Gasteiger partial charge in [-0.15, -0.1) is 0 Å². The molecule has 0 saturated heterocycles. The van der Waals surface area contributed by atoms with Crippen LogP contribution in [0.15, 0.2) is 24.7 Å². The van der Waals surface area contributed by atoms with Gasteiger partial charge in [0.05, 0.1) is 17.3 Å². The summed E-state index contributed by atoms with van der Waals surface area (Å²) >= 11 is 0. The van der Waals surface area contributed by atoms with Crippen LogP contribution in [-0.2, 0) is 0 Å². The normalized spacial score (nSPS) is 10.2. The van der Waals surface area contributed by atoms with Crippen LogP contribution >= 0.6 is 0 Å². The van der Waals surface area contributed by atoms with Crippen LogP contribution in [-0.4, -0.2) is 15.9 Å². The minimum atomic E-state index is -0.308. The van der Waals surface area contributed by atoms with Crippen molar-refractivity contribution >= 4 is 16.8 Å². The number of nitrogen functional groups attached to an aromatic ring is 1. The van der Waals surface area contributed by atoms with Gasteiger partial charge < -0.3 is 4.98 Å². The van der Waals surface area contributed by atoms with E-state index in [-0.39, 0.29) is 5.91 Å². The molecule has 2 aromatic heterocycles. The number of carbonyl (C=O) groups is 1. The van der Waals surface area contributed by atoms with E-state index in [4.69, 9.17) is 5.84 Å². The molecule has 0 unspecified atom stereocenters. The van der Waals surface area contributed by atoms with E-state index >= 15 is 0 Å². The summed E-state index contributed by atoms with van der Waals surface area (Å²) in [5, 5.41) is 0.818. The Hall–Kier alpha value is -1.88. The number of aromatic amines is 1. The number of hydrazine groups is 1. The van der Waals surface area contributed by atoms with Crippen LogP contribution in [0.2, 0.25) is 0 Å². The molecule has 1 amide bonds. The van der Waals surface area contributed by atoms with E-state index in [1.54, 1.807) is 24.7 Å². The van der Waals surface area contributed by atoms with E-state index < -0.39 is 0 Å². The fourth-order valence-electron chi connectivity index (χ4n) is 1.24. The van der Waals surface area contributed by atoms with E-state index in [2.05, 4.69) is 15.4 Å². The number of amides is 1. The first-order valence-electron chi connectivity index (χ1n) is 3.75. The number of hydrogen-bond acceptors (Lipinski definition) is 3. The molecule has 66 valence electrons. The van der Waals surface area contributed by atoms with Crippen LogP contribution in [0.4, 0.5) is 0 Å². The molecular weight excluding hydrogens is 168 g/mol. The first-order valence-corrected chi connectivity index (χ1v) is 3.75. The summed E-state index contributed by atoms with van der Waals surface area (Å²) in [6.07, 6.45) is 4.89. The van der Waals surface area contributed by atoms with Crippen molar-refractivity contribution in [2.75, 3.05) is 0 Å². The highest BCUT2D eigenvalue weighted by molar-refractivity contribution is 6.06. The molecule has 2 rings (SSSR count). The Labute approximate surface area is 73.9 Å². The molecule has 0 fully saturated rings. The van der Waals surface area contributed by atoms with Crippen molar-refractivity contribution in [3.05, 3.63) is 30.2 Å². The Kier molecular flexibility index (Phi) is 1.71. The van der Waals surface area contributed by atoms with E-state index in [0.717, 1.165) is 10.9 Å². The molecule has 5 heteroatoms. The summed E-state index contributed by atoms with van der Waals surface area (Å²) in [5.41, 5.74) is 3.43. The molecule has 5 nitrogen and oxygen atoms in total. The summed E-state index contributed by atoms with van der Waals surface area (Å²) in [6.45, 7) is 0. The first-order chi connectivity index (χ1) is 6.33. The van der Waals surface area contributed by atoms with Crippen molar-refractivity contribution in [2.24, 2.45) is 5.84 Å². The predicted molar refractivity (Wildman–Crippen MR) is 47.7 cm³/mol. The Bertz CT molecular complexity index is 448. The van der Waals surface area contributed by atoms with Crippen LogP contribution in [0.25, 0.3) is 10.9 Å². The van der Waals surface area contributed by atoms with Crippen LogP contribution in [0.1, 0.15) is 10.4 Å². The number of fused-ring (bicyclic) bond motifs is 1.